The highest BCUT2D eigenvalue weighted by molar-refractivity contribution is 7.16. The molecule has 1 atom stereocenters. The van der Waals surface area contributed by atoms with Crippen molar-refractivity contribution in [3.8, 4) is 0 Å². The molecule has 1 aliphatic rings. The van der Waals surface area contributed by atoms with Gasteiger partial charge >= 0.3 is 0 Å². The summed E-state index contributed by atoms with van der Waals surface area (Å²) in [6.07, 6.45) is 8.55. The second-order valence-corrected chi connectivity index (χ2v) is 8.82. The van der Waals surface area contributed by atoms with Gasteiger partial charge in [-0.3, -0.25) is 14.7 Å². The Morgan fingerprint density at radius 3 is 2.72 bits per heavy atom. The van der Waals surface area contributed by atoms with Crippen molar-refractivity contribution in [2.75, 3.05) is 18.4 Å². The van der Waals surface area contributed by atoms with Gasteiger partial charge in [-0.2, -0.15) is 0 Å². The third kappa shape index (κ3) is 4.43. The molecule has 0 spiro atoms. The Hall–Kier alpha value is -2.44. The van der Waals surface area contributed by atoms with Crippen molar-refractivity contribution in [3.63, 3.8) is 0 Å². The van der Waals surface area contributed by atoms with Crippen molar-refractivity contribution in [1.29, 1.82) is 0 Å². The molecule has 0 unspecified atom stereocenters. The van der Waals surface area contributed by atoms with E-state index in [1.54, 1.807) is 23.5 Å². The molecule has 3 aromatic heterocycles. The predicted molar refractivity (Wildman–Crippen MR) is 116 cm³/mol. The Bertz CT molecular complexity index is 928. The zero-order valence-corrected chi connectivity index (χ0v) is 17.7. The van der Waals surface area contributed by atoms with Crippen molar-refractivity contribution in [2.24, 2.45) is 5.92 Å². The number of carbonyl (C=O) groups is 1. The number of pyridine rings is 1. The largest absolute Gasteiger partial charge is 0.459 e. The number of piperidine rings is 1. The molecule has 1 saturated heterocycles. The van der Waals surface area contributed by atoms with Crippen LogP contribution in [0.25, 0.3) is 0 Å². The number of nitrogens with one attached hydrogen (secondary N) is 1. The van der Waals surface area contributed by atoms with E-state index < -0.39 is 0 Å². The zero-order chi connectivity index (χ0) is 20.2. The molecule has 3 aromatic rings. The molecule has 0 bridgehead atoms. The van der Waals surface area contributed by atoms with Crippen molar-refractivity contribution >= 4 is 22.2 Å². The van der Waals surface area contributed by atoms with Crippen molar-refractivity contribution in [3.05, 3.63) is 70.8 Å². The molecule has 1 fully saturated rings. The van der Waals surface area contributed by atoms with Crippen LogP contribution in [0.15, 0.2) is 53.4 Å². The molecule has 4 heterocycles. The number of thiophene rings is 1. The summed E-state index contributed by atoms with van der Waals surface area (Å²) in [5, 5.41) is 4.02. The molecule has 4 rings (SSSR count). The van der Waals surface area contributed by atoms with Crippen LogP contribution in [0.1, 0.15) is 59.3 Å². The molecule has 6 heteroatoms. The first-order valence-electron chi connectivity index (χ1n) is 10.3. The predicted octanol–water partition coefficient (Wildman–Crippen LogP) is 5.37. The zero-order valence-electron chi connectivity index (χ0n) is 16.9. The lowest BCUT2D eigenvalue weighted by atomic mass is 9.93. The Kier molecular flexibility index (Phi) is 6.11. The van der Waals surface area contributed by atoms with Gasteiger partial charge in [-0.1, -0.05) is 13.8 Å². The van der Waals surface area contributed by atoms with Crippen molar-refractivity contribution in [1.82, 2.24) is 9.88 Å². The number of rotatable bonds is 6. The Morgan fingerprint density at radius 2 is 2.07 bits per heavy atom. The van der Waals surface area contributed by atoms with Gasteiger partial charge in [-0.25, -0.2) is 0 Å². The molecule has 0 aromatic carbocycles. The smallest absolute Gasteiger partial charge is 0.291 e. The van der Waals surface area contributed by atoms with E-state index in [0.717, 1.165) is 36.0 Å². The van der Waals surface area contributed by atoms with Crippen LogP contribution in [0.2, 0.25) is 0 Å². The van der Waals surface area contributed by atoms with E-state index in [9.17, 15) is 4.79 Å². The minimum Gasteiger partial charge on any atom is -0.459 e. The maximum absolute atomic E-state index is 12.7. The number of amides is 1. The van der Waals surface area contributed by atoms with Crippen LogP contribution in [0.4, 0.5) is 5.00 Å². The maximum Gasteiger partial charge on any atom is 0.291 e. The molecule has 29 heavy (non-hydrogen) atoms. The number of likely N-dealkylation sites (tertiary alicyclic amines) is 1. The van der Waals surface area contributed by atoms with Gasteiger partial charge in [0.15, 0.2) is 5.76 Å². The van der Waals surface area contributed by atoms with E-state index >= 15 is 0 Å². The van der Waals surface area contributed by atoms with Crippen LogP contribution in [0.3, 0.4) is 0 Å². The lowest BCUT2D eigenvalue weighted by molar-refractivity contribution is 0.0996. The highest BCUT2D eigenvalue weighted by Gasteiger charge is 2.29. The highest BCUT2D eigenvalue weighted by atomic mass is 32.1. The molecule has 0 aliphatic carbocycles. The summed E-state index contributed by atoms with van der Waals surface area (Å²) in [4.78, 5) is 20.7. The fourth-order valence-electron chi connectivity index (χ4n) is 3.93. The van der Waals surface area contributed by atoms with Gasteiger partial charge in [0, 0.05) is 22.8 Å². The molecule has 1 amide bonds. The number of furan rings is 1. The normalized spacial score (nSPS) is 16.6. The summed E-state index contributed by atoms with van der Waals surface area (Å²) in [5.74, 6) is 0.882. The van der Waals surface area contributed by atoms with Crippen molar-refractivity contribution < 1.29 is 9.21 Å². The van der Waals surface area contributed by atoms with E-state index in [1.165, 1.54) is 29.5 Å². The quantitative estimate of drug-likeness (QED) is 0.594. The Balaban J connectivity index is 1.71. The van der Waals surface area contributed by atoms with Gasteiger partial charge in [0.2, 0.25) is 0 Å². The standard InChI is InChI=1S/C23H27N3O2S/c1-3-18-15-19(23(29-18)25-22(27)20-5-4-14-28-20)21(17-6-10-24-11-7-17)26-12-8-16(2)9-13-26/h4-7,10-11,14-16,21H,3,8-9,12-13H2,1-2H3,(H,25,27)/t21-/m1/s1. The van der Waals surface area contributed by atoms with Gasteiger partial charge in [-0.15, -0.1) is 11.3 Å². The lowest BCUT2D eigenvalue weighted by Gasteiger charge is -2.37. The summed E-state index contributed by atoms with van der Waals surface area (Å²) < 4.78 is 5.29. The summed E-state index contributed by atoms with van der Waals surface area (Å²) in [5.41, 5.74) is 2.37. The third-order valence-electron chi connectivity index (χ3n) is 5.63. The van der Waals surface area contributed by atoms with Gasteiger partial charge in [0.05, 0.1) is 12.3 Å². The number of aromatic nitrogens is 1. The van der Waals surface area contributed by atoms with E-state index in [0.29, 0.717) is 5.76 Å². The monoisotopic (exact) mass is 409 g/mol. The third-order valence-corrected chi connectivity index (χ3v) is 6.84. The summed E-state index contributed by atoms with van der Waals surface area (Å²) in [7, 11) is 0. The van der Waals surface area contributed by atoms with E-state index in [2.05, 4.69) is 47.2 Å². The van der Waals surface area contributed by atoms with Crippen LogP contribution in [-0.2, 0) is 6.42 Å². The highest BCUT2D eigenvalue weighted by Crippen LogP contribution is 2.40. The molecular formula is C23H27N3O2S. The van der Waals surface area contributed by atoms with E-state index in [4.69, 9.17) is 4.42 Å². The summed E-state index contributed by atoms with van der Waals surface area (Å²) >= 11 is 1.66. The Labute approximate surface area is 175 Å². The molecule has 0 saturated carbocycles. The van der Waals surface area contributed by atoms with Gasteiger partial charge in [0.1, 0.15) is 5.00 Å². The van der Waals surface area contributed by atoms with Crippen LogP contribution >= 0.6 is 11.3 Å². The van der Waals surface area contributed by atoms with Gasteiger partial charge < -0.3 is 9.73 Å². The molecule has 0 radical (unpaired) electrons. The molecule has 5 nitrogen and oxygen atoms in total. The molecule has 152 valence electrons. The SMILES string of the molecule is CCc1cc([C@@H](c2ccncc2)N2CCC(C)CC2)c(NC(=O)c2ccco2)s1. The first-order valence-corrected chi connectivity index (χ1v) is 11.1. The topological polar surface area (TPSA) is 58.4 Å². The lowest BCUT2D eigenvalue weighted by Crippen LogP contribution is -2.37. The van der Waals surface area contributed by atoms with E-state index in [1.807, 2.05) is 12.4 Å². The summed E-state index contributed by atoms with van der Waals surface area (Å²) in [6, 6.07) is 9.96. The second kappa shape index (κ2) is 8.93. The Morgan fingerprint density at radius 1 is 1.31 bits per heavy atom. The number of hydrogen-bond acceptors (Lipinski definition) is 5. The molecular weight excluding hydrogens is 382 g/mol. The summed E-state index contributed by atoms with van der Waals surface area (Å²) in [6.45, 7) is 6.58. The average Bonchev–Trinajstić information content (AvgIpc) is 3.41. The van der Waals surface area contributed by atoms with Crippen molar-refractivity contribution in [2.45, 2.75) is 39.2 Å². The van der Waals surface area contributed by atoms with Crippen LogP contribution in [0, 0.1) is 5.92 Å². The number of aryl methyl sites for hydroxylation is 1. The number of carbonyl (C=O) groups excluding carboxylic acids is 1. The average molecular weight is 410 g/mol. The van der Waals surface area contributed by atoms with Crippen LogP contribution in [0.5, 0.6) is 0 Å². The number of anilines is 1. The fourth-order valence-corrected chi connectivity index (χ4v) is 4.95. The first-order chi connectivity index (χ1) is 14.2. The van der Waals surface area contributed by atoms with Gasteiger partial charge in [0.25, 0.3) is 5.91 Å². The molecule has 1 N–H and O–H groups in total. The van der Waals surface area contributed by atoms with E-state index in [-0.39, 0.29) is 11.9 Å². The number of nitrogens with zero attached hydrogens (tertiary/aromatic N) is 2. The second-order valence-electron chi connectivity index (χ2n) is 7.68. The minimum absolute atomic E-state index is 0.106. The first kappa shape index (κ1) is 19.9. The minimum atomic E-state index is -0.207. The molecule has 1 aliphatic heterocycles. The van der Waals surface area contributed by atoms with Crippen LogP contribution in [-0.4, -0.2) is 28.9 Å². The fraction of sp³-hybridized carbons (Fsp3) is 0.391. The van der Waals surface area contributed by atoms with Gasteiger partial charge in [-0.05, 0) is 74.2 Å². The van der Waals surface area contributed by atoms with Crippen LogP contribution < -0.4 is 5.32 Å². The maximum atomic E-state index is 12.7. The number of hydrogen-bond donors (Lipinski definition) is 1.